The molecule has 0 aromatic heterocycles. The van der Waals surface area contributed by atoms with Crippen LogP contribution < -0.4 is 10.6 Å². The normalized spacial score (nSPS) is 19.9. The first-order chi connectivity index (χ1) is 7.57. The summed E-state index contributed by atoms with van der Waals surface area (Å²) in [4.78, 5) is 25.3. The van der Waals surface area contributed by atoms with E-state index in [1.165, 1.54) is 0 Å². The Morgan fingerprint density at radius 3 is 2.76 bits per heavy atom. The molecule has 0 radical (unpaired) electrons. The van der Waals surface area contributed by atoms with Gasteiger partial charge in [-0.15, -0.1) is 12.4 Å². The van der Waals surface area contributed by atoms with Gasteiger partial charge in [-0.1, -0.05) is 13.8 Å². The van der Waals surface area contributed by atoms with Crippen LogP contribution in [-0.2, 0) is 9.59 Å². The van der Waals surface area contributed by atoms with Crippen LogP contribution in [-0.4, -0.2) is 49.4 Å². The summed E-state index contributed by atoms with van der Waals surface area (Å²) in [6.07, 6.45) is 0.451. The van der Waals surface area contributed by atoms with Crippen LogP contribution in [0.1, 0.15) is 20.3 Å². The van der Waals surface area contributed by atoms with Crippen molar-refractivity contribution in [3.05, 3.63) is 0 Å². The van der Waals surface area contributed by atoms with Crippen LogP contribution in [0, 0.1) is 5.92 Å². The number of carbonyl (C=O) groups excluding carboxylic acids is 2. The van der Waals surface area contributed by atoms with Crippen LogP contribution in [0.25, 0.3) is 0 Å². The quantitative estimate of drug-likeness (QED) is 0.751. The zero-order valence-electron chi connectivity index (χ0n) is 10.7. The number of carbonyl (C=O) groups is 2. The van der Waals surface area contributed by atoms with Crippen molar-refractivity contribution in [2.24, 2.45) is 5.92 Å². The molecule has 1 aliphatic rings. The van der Waals surface area contributed by atoms with Crippen molar-refractivity contribution < 1.29 is 9.59 Å². The van der Waals surface area contributed by atoms with E-state index in [4.69, 9.17) is 0 Å². The number of hydrogen-bond donors (Lipinski definition) is 2. The van der Waals surface area contributed by atoms with Gasteiger partial charge in [0.05, 0.1) is 0 Å². The van der Waals surface area contributed by atoms with E-state index in [2.05, 4.69) is 10.6 Å². The lowest BCUT2D eigenvalue weighted by Crippen LogP contribution is -2.59. The van der Waals surface area contributed by atoms with Gasteiger partial charge in [0.25, 0.3) is 0 Å². The molecule has 0 aromatic rings. The monoisotopic (exact) mass is 263 g/mol. The Labute approximate surface area is 109 Å². The summed E-state index contributed by atoms with van der Waals surface area (Å²) in [6.45, 7) is 5.77. The summed E-state index contributed by atoms with van der Waals surface area (Å²) >= 11 is 0. The average Bonchev–Trinajstić information content (AvgIpc) is 2.24. The van der Waals surface area contributed by atoms with E-state index < -0.39 is 0 Å². The number of rotatable bonds is 4. The number of piperazine rings is 1. The molecule has 0 aromatic carbocycles. The molecule has 1 rings (SSSR count). The van der Waals surface area contributed by atoms with Gasteiger partial charge in [0.2, 0.25) is 11.8 Å². The third kappa shape index (κ3) is 4.16. The first-order valence-electron chi connectivity index (χ1n) is 5.79. The van der Waals surface area contributed by atoms with Gasteiger partial charge < -0.3 is 15.5 Å². The molecule has 1 saturated heterocycles. The SMILES string of the molecule is CNCCC(=O)N1CCNC(=O)C1C(C)C.Cl. The molecule has 0 saturated carbocycles. The Morgan fingerprint density at radius 2 is 2.24 bits per heavy atom. The van der Waals surface area contributed by atoms with Gasteiger partial charge in [-0.25, -0.2) is 0 Å². The van der Waals surface area contributed by atoms with Gasteiger partial charge in [0.1, 0.15) is 6.04 Å². The molecule has 1 aliphatic heterocycles. The first-order valence-corrected chi connectivity index (χ1v) is 5.79. The summed E-state index contributed by atoms with van der Waals surface area (Å²) < 4.78 is 0. The molecule has 0 spiro atoms. The second-order valence-electron chi connectivity index (χ2n) is 4.42. The molecule has 1 unspecified atom stereocenters. The molecule has 1 heterocycles. The van der Waals surface area contributed by atoms with E-state index in [-0.39, 0.29) is 36.2 Å². The van der Waals surface area contributed by atoms with Crippen LogP contribution in [0.2, 0.25) is 0 Å². The van der Waals surface area contributed by atoms with Gasteiger partial charge in [0.15, 0.2) is 0 Å². The van der Waals surface area contributed by atoms with E-state index >= 15 is 0 Å². The van der Waals surface area contributed by atoms with Crippen LogP contribution in [0.3, 0.4) is 0 Å². The highest BCUT2D eigenvalue weighted by molar-refractivity contribution is 5.89. The summed E-state index contributed by atoms with van der Waals surface area (Å²) in [7, 11) is 1.82. The number of amides is 2. The second-order valence-corrected chi connectivity index (χ2v) is 4.42. The van der Waals surface area contributed by atoms with E-state index in [0.717, 1.165) is 0 Å². The van der Waals surface area contributed by atoms with Gasteiger partial charge in [-0.05, 0) is 13.0 Å². The molecule has 0 aliphatic carbocycles. The van der Waals surface area contributed by atoms with Gasteiger partial charge in [0, 0.05) is 26.1 Å². The summed E-state index contributed by atoms with van der Waals surface area (Å²) in [6, 6.07) is -0.307. The van der Waals surface area contributed by atoms with E-state index in [9.17, 15) is 9.59 Å². The molecule has 2 amide bonds. The lowest BCUT2D eigenvalue weighted by atomic mass is 9.99. The molecular weight excluding hydrogens is 242 g/mol. The first kappa shape index (κ1) is 16.2. The van der Waals surface area contributed by atoms with Crippen molar-refractivity contribution in [3.8, 4) is 0 Å². The van der Waals surface area contributed by atoms with E-state index in [1.807, 2.05) is 20.9 Å². The number of halogens is 1. The molecule has 2 N–H and O–H groups in total. The minimum absolute atomic E-state index is 0. The van der Waals surface area contributed by atoms with Crippen molar-refractivity contribution >= 4 is 24.2 Å². The molecule has 100 valence electrons. The van der Waals surface area contributed by atoms with Crippen LogP contribution in [0.5, 0.6) is 0 Å². The molecule has 1 atom stereocenters. The van der Waals surface area contributed by atoms with Crippen LogP contribution in [0.4, 0.5) is 0 Å². The van der Waals surface area contributed by atoms with E-state index in [0.29, 0.717) is 26.1 Å². The Hall–Kier alpha value is -0.810. The predicted octanol–water partition coefficient (Wildman–Crippen LogP) is 0.000700. The molecule has 5 nitrogen and oxygen atoms in total. The van der Waals surface area contributed by atoms with Crippen molar-refractivity contribution in [2.75, 3.05) is 26.7 Å². The predicted molar refractivity (Wildman–Crippen MR) is 69.1 cm³/mol. The summed E-state index contributed by atoms with van der Waals surface area (Å²) in [5.41, 5.74) is 0. The molecule has 17 heavy (non-hydrogen) atoms. The number of nitrogens with one attached hydrogen (secondary N) is 2. The maximum Gasteiger partial charge on any atom is 0.243 e. The third-order valence-corrected chi connectivity index (χ3v) is 2.80. The summed E-state index contributed by atoms with van der Waals surface area (Å²) in [5.74, 6) is 0.181. The standard InChI is InChI=1S/C11H21N3O2.ClH/c1-8(2)10-11(16)13-6-7-14(10)9(15)4-5-12-3;/h8,10,12H,4-7H2,1-3H3,(H,13,16);1H. The highest BCUT2D eigenvalue weighted by atomic mass is 35.5. The number of nitrogens with zero attached hydrogens (tertiary/aromatic N) is 1. The molecule has 0 bridgehead atoms. The maximum absolute atomic E-state index is 11.9. The van der Waals surface area contributed by atoms with Crippen molar-refractivity contribution in [3.63, 3.8) is 0 Å². The fourth-order valence-electron chi connectivity index (χ4n) is 2.00. The second kappa shape index (κ2) is 7.50. The van der Waals surface area contributed by atoms with Crippen molar-refractivity contribution in [2.45, 2.75) is 26.3 Å². The minimum atomic E-state index is -0.307. The van der Waals surface area contributed by atoms with Crippen LogP contribution >= 0.6 is 12.4 Å². The summed E-state index contributed by atoms with van der Waals surface area (Å²) in [5, 5.41) is 5.75. The Balaban J connectivity index is 0.00000256. The maximum atomic E-state index is 11.9. The van der Waals surface area contributed by atoms with Gasteiger partial charge >= 0.3 is 0 Å². The topological polar surface area (TPSA) is 61.4 Å². The van der Waals surface area contributed by atoms with Crippen molar-refractivity contribution in [1.29, 1.82) is 0 Å². The zero-order chi connectivity index (χ0) is 12.1. The largest absolute Gasteiger partial charge is 0.353 e. The lowest BCUT2D eigenvalue weighted by molar-refractivity contribution is -0.145. The Kier molecular flexibility index (Phi) is 7.15. The molecule has 6 heteroatoms. The van der Waals surface area contributed by atoms with Crippen molar-refractivity contribution in [1.82, 2.24) is 15.5 Å². The fourth-order valence-corrected chi connectivity index (χ4v) is 2.00. The smallest absolute Gasteiger partial charge is 0.243 e. The lowest BCUT2D eigenvalue weighted by Gasteiger charge is -2.37. The van der Waals surface area contributed by atoms with E-state index in [1.54, 1.807) is 4.90 Å². The van der Waals surface area contributed by atoms with Gasteiger partial charge in [-0.3, -0.25) is 9.59 Å². The zero-order valence-corrected chi connectivity index (χ0v) is 11.5. The van der Waals surface area contributed by atoms with Gasteiger partial charge in [-0.2, -0.15) is 0 Å². The average molecular weight is 264 g/mol. The Bertz CT molecular complexity index is 271. The highest BCUT2D eigenvalue weighted by Gasteiger charge is 2.34. The highest BCUT2D eigenvalue weighted by Crippen LogP contribution is 2.14. The van der Waals surface area contributed by atoms with Crippen LogP contribution in [0.15, 0.2) is 0 Å². The minimum Gasteiger partial charge on any atom is -0.353 e. The number of hydrogen-bond acceptors (Lipinski definition) is 3. The Morgan fingerprint density at radius 1 is 1.59 bits per heavy atom. The molecule has 1 fully saturated rings. The fraction of sp³-hybridized carbons (Fsp3) is 0.818. The molecular formula is C11H22ClN3O2. The third-order valence-electron chi connectivity index (χ3n) is 2.80.